The summed E-state index contributed by atoms with van der Waals surface area (Å²) in [6, 6.07) is 5.05. The van der Waals surface area contributed by atoms with Crippen LogP contribution in [-0.2, 0) is 21.2 Å². The van der Waals surface area contributed by atoms with Gasteiger partial charge in [-0.05, 0) is 43.1 Å². The number of nitrogens with two attached hydrogens (primary N) is 1. The Labute approximate surface area is 138 Å². The molecule has 1 aromatic rings. The molecule has 0 spiro atoms. The van der Waals surface area contributed by atoms with E-state index in [2.05, 4.69) is 0 Å². The van der Waals surface area contributed by atoms with Gasteiger partial charge < -0.3 is 10.6 Å². The largest absolute Gasteiger partial charge is 0.330 e. The van der Waals surface area contributed by atoms with E-state index in [0.29, 0.717) is 50.3 Å². The summed E-state index contributed by atoms with van der Waals surface area (Å²) in [4.78, 5) is 14.2. The first-order chi connectivity index (χ1) is 11.0. The quantitative estimate of drug-likeness (QED) is 0.812. The molecule has 1 heterocycles. The Morgan fingerprint density at radius 1 is 1.30 bits per heavy atom. The second kappa shape index (κ2) is 7.42. The van der Waals surface area contributed by atoms with Crippen LogP contribution in [0.3, 0.4) is 0 Å². The molecule has 0 atom stereocenters. The fourth-order valence-electron chi connectivity index (χ4n) is 2.90. The van der Waals surface area contributed by atoms with Gasteiger partial charge in [0, 0.05) is 31.7 Å². The lowest BCUT2D eigenvalue weighted by molar-refractivity contribution is -0.118. The molecule has 0 saturated carbocycles. The lowest BCUT2D eigenvalue weighted by atomic mass is 10.2. The number of sulfonamides is 1. The van der Waals surface area contributed by atoms with Crippen LogP contribution in [-0.4, -0.2) is 44.8 Å². The zero-order chi connectivity index (χ0) is 17.0. The molecule has 128 valence electrons. The Balaban J connectivity index is 2.27. The van der Waals surface area contributed by atoms with Gasteiger partial charge >= 0.3 is 0 Å². The molecule has 1 aliphatic rings. The fraction of sp³-hybridized carbons (Fsp3) is 0.562. The summed E-state index contributed by atoms with van der Waals surface area (Å²) in [6.45, 7) is 5.64. The van der Waals surface area contributed by atoms with E-state index >= 15 is 0 Å². The van der Waals surface area contributed by atoms with Gasteiger partial charge in [0.2, 0.25) is 15.9 Å². The molecular formula is C16H25N3O3S. The fourth-order valence-corrected chi connectivity index (χ4v) is 4.41. The third-order valence-corrected chi connectivity index (χ3v) is 6.23. The minimum atomic E-state index is -3.46. The molecule has 0 fully saturated rings. The van der Waals surface area contributed by atoms with Gasteiger partial charge in [-0.3, -0.25) is 4.79 Å². The Hall–Kier alpha value is -1.44. The van der Waals surface area contributed by atoms with Crippen LogP contribution in [0.1, 0.15) is 32.3 Å². The van der Waals surface area contributed by atoms with Crippen LogP contribution in [0, 0.1) is 0 Å². The maximum Gasteiger partial charge on any atom is 0.243 e. The molecule has 6 nitrogen and oxygen atoms in total. The predicted octanol–water partition coefficient (Wildman–Crippen LogP) is 1.35. The molecule has 1 aromatic carbocycles. The number of fused-ring (bicyclic) bond motifs is 1. The lowest BCUT2D eigenvalue weighted by Gasteiger charge is -2.20. The van der Waals surface area contributed by atoms with Crippen molar-refractivity contribution in [2.75, 3.05) is 31.1 Å². The van der Waals surface area contributed by atoms with Crippen LogP contribution in [0.5, 0.6) is 0 Å². The van der Waals surface area contributed by atoms with Crippen molar-refractivity contribution < 1.29 is 13.2 Å². The zero-order valence-corrected chi connectivity index (χ0v) is 14.6. The zero-order valence-electron chi connectivity index (χ0n) is 13.8. The highest BCUT2D eigenvalue weighted by Gasteiger charge is 2.28. The molecule has 0 aliphatic carbocycles. The number of anilines is 1. The highest BCUT2D eigenvalue weighted by atomic mass is 32.2. The summed E-state index contributed by atoms with van der Waals surface area (Å²) >= 11 is 0. The standard InChI is InChI=1S/C16H25N3O3S/c1-3-18(4-2)23(21,22)14-7-8-15-13(12-14)9-11-19(15)16(20)6-5-10-17/h7-8,12H,3-6,9-11,17H2,1-2H3. The number of hydrogen-bond donors (Lipinski definition) is 1. The third kappa shape index (κ3) is 3.57. The summed E-state index contributed by atoms with van der Waals surface area (Å²) in [6.07, 6.45) is 1.78. The van der Waals surface area contributed by atoms with Gasteiger partial charge in [0.15, 0.2) is 0 Å². The minimum Gasteiger partial charge on any atom is -0.330 e. The molecule has 0 radical (unpaired) electrons. The molecule has 0 unspecified atom stereocenters. The van der Waals surface area contributed by atoms with E-state index in [1.807, 2.05) is 13.8 Å². The van der Waals surface area contributed by atoms with Gasteiger partial charge in [-0.1, -0.05) is 13.8 Å². The monoisotopic (exact) mass is 339 g/mol. The highest BCUT2D eigenvalue weighted by Crippen LogP contribution is 2.31. The Morgan fingerprint density at radius 3 is 2.61 bits per heavy atom. The Bertz CT molecular complexity index is 669. The normalized spacial score (nSPS) is 14.3. The molecule has 23 heavy (non-hydrogen) atoms. The van der Waals surface area contributed by atoms with Crippen LogP contribution < -0.4 is 10.6 Å². The van der Waals surface area contributed by atoms with Crippen molar-refractivity contribution in [2.45, 2.75) is 38.0 Å². The van der Waals surface area contributed by atoms with Gasteiger partial charge in [0.1, 0.15) is 0 Å². The average molecular weight is 339 g/mol. The van der Waals surface area contributed by atoms with Gasteiger partial charge in [-0.2, -0.15) is 4.31 Å². The molecule has 0 bridgehead atoms. The first-order valence-corrected chi connectivity index (χ1v) is 9.53. The summed E-state index contributed by atoms with van der Waals surface area (Å²) in [5, 5.41) is 0. The number of carbonyl (C=O) groups excluding carboxylic acids is 1. The minimum absolute atomic E-state index is 0.0496. The lowest BCUT2D eigenvalue weighted by Crippen LogP contribution is -2.30. The highest BCUT2D eigenvalue weighted by molar-refractivity contribution is 7.89. The van der Waals surface area contributed by atoms with E-state index in [-0.39, 0.29) is 5.91 Å². The molecule has 2 rings (SSSR count). The van der Waals surface area contributed by atoms with Crippen molar-refractivity contribution in [3.63, 3.8) is 0 Å². The van der Waals surface area contributed by atoms with Crippen molar-refractivity contribution in [1.29, 1.82) is 0 Å². The number of benzene rings is 1. The third-order valence-electron chi connectivity index (χ3n) is 4.19. The summed E-state index contributed by atoms with van der Waals surface area (Å²) < 4.78 is 26.6. The molecule has 1 amide bonds. The maximum atomic E-state index is 12.6. The summed E-state index contributed by atoms with van der Waals surface area (Å²) in [5.41, 5.74) is 7.19. The van der Waals surface area contributed by atoms with Crippen LogP contribution in [0.2, 0.25) is 0 Å². The van der Waals surface area contributed by atoms with Crippen LogP contribution in [0.25, 0.3) is 0 Å². The first kappa shape index (κ1) is 17.9. The number of amides is 1. The van der Waals surface area contributed by atoms with Crippen molar-refractivity contribution in [2.24, 2.45) is 5.73 Å². The second-order valence-corrected chi connectivity index (χ2v) is 7.51. The van der Waals surface area contributed by atoms with E-state index in [0.717, 1.165) is 11.3 Å². The van der Waals surface area contributed by atoms with E-state index in [9.17, 15) is 13.2 Å². The first-order valence-electron chi connectivity index (χ1n) is 8.09. The van der Waals surface area contributed by atoms with Gasteiger partial charge in [0.05, 0.1) is 4.90 Å². The molecule has 0 aromatic heterocycles. The van der Waals surface area contributed by atoms with E-state index in [4.69, 9.17) is 5.73 Å². The topological polar surface area (TPSA) is 83.7 Å². The predicted molar refractivity (Wildman–Crippen MR) is 90.9 cm³/mol. The SMILES string of the molecule is CCN(CC)S(=O)(=O)c1ccc2c(c1)CCN2C(=O)CCCN. The second-order valence-electron chi connectivity index (χ2n) is 5.57. The maximum absolute atomic E-state index is 12.6. The van der Waals surface area contributed by atoms with Crippen molar-refractivity contribution >= 4 is 21.6 Å². The van der Waals surface area contributed by atoms with Crippen LogP contribution in [0.4, 0.5) is 5.69 Å². The van der Waals surface area contributed by atoms with Crippen molar-refractivity contribution in [1.82, 2.24) is 4.31 Å². The number of rotatable bonds is 7. The van der Waals surface area contributed by atoms with Gasteiger partial charge in [-0.25, -0.2) is 8.42 Å². The molecule has 1 aliphatic heterocycles. The number of hydrogen-bond acceptors (Lipinski definition) is 4. The Morgan fingerprint density at radius 2 is 2.00 bits per heavy atom. The molecule has 7 heteroatoms. The smallest absolute Gasteiger partial charge is 0.243 e. The average Bonchev–Trinajstić information content (AvgIpc) is 2.96. The van der Waals surface area contributed by atoms with Gasteiger partial charge in [-0.15, -0.1) is 0 Å². The van der Waals surface area contributed by atoms with E-state index in [1.165, 1.54) is 4.31 Å². The van der Waals surface area contributed by atoms with Crippen LogP contribution in [0.15, 0.2) is 23.1 Å². The summed E-state index contributed by atoms with van der Waals surface area (Å²) in [7, 11) is -3.46. The van der Waals surface area contributed by atoms with E-state index < -0.39 is 10.0 Å². The Kier molecular flexibility index (Phi) is 5.78. The molecular weight excluding hydrogens is 314 g/mol. The number of nitrogens with zero attached hydrogens (tertiary/aromatic N) is 2. The summed E-state index contributed by atoms with van der Waals surface area (Å²) in [5.74, 6) is 0.0496. The number of carbonyl (C=O) groups is 1. The van der Waals surface area contributed by atoms with Crippen molar-refractivity contribution in [3.8, 4) is 0 Å². The van der Waals surface area contributed by atoms with Gasteiger partial charge in [0.25, 0.3) is 0 Å². The van der Waals surface area contributed by atoms with Crippen molar-refractivity contribution in [3.05, 3.63) is 23.8 Å². The molecule has 2 N–H and O–H groups in total. The molecule has 0 saturated heterocycles. The van der Waals surface area contributed by atoms with Crippen LogP contribution >= 0.6 is 0 Å². The van der Waals surface area contributed by atoms with E-state index in [1.54, 1.807) is 23.1 Å².